The molecule has 1 aliphatic rings. The zero-order valence-corrected chi connectivity index (χ0v) is 15.6. The van der Waals surface area contributed by atoms with Gasteiger partial charge in [0.1, 0.15) is 17.7 Å². The molecule has 0 saturated heterocycles. The quantitative estimate of drug-likeness (QED) is 0.539. The zero-order chi connectivity index (χ0) is 18.4. The Balaban J connectivity index is 1.54. The van der Waals surface area contributed by atoms with Crippen LogP contribution in [0.1, 0.15) is 27.4 Å². The maximum absolute atomic E-state index is 13.3. The summed E-state index contributed by atoms with van der Waals surface area (Å²) in [6, 6.07) is 7.82. The highest BCUT2D eigenvalue weighted by Crippen LogP contribution is 2.29. The van der Waals surface area contributed by atoms with E-state index < -0.39 is 0 Å². The molecule has 27 heavy (non-hydrogen) atoms. The van der Waals surface area contributed by atoms with Crippen LogP contribution in [-0.2, 0) is 13.0 Å². The molecule has 0 unspecified atom stereocenters. The number of nitrogens with zero attached hydrogens (tertiary/aromatic N) is 5. The minimum Gasteiger partial charge on any atom is -0.332 e. The highest BCUT2D eigenvalue weighted by atomic mass is 32.1. The third-order valence-corrected chi connectivity index (χ3v) is 5.67. The lowest BCUT2D eigenvalue weighted by Crippen LogP contribution is -2.37. The molecule has 1 aliphatic heterocycles. The topological polar surface area (TPSA) is 63.4 Å². The lowest BCUT2D eigenvalue weighted by atomic mass is 10.0. The Morgan fingerprint density at radius 1 is 1.22 bits per heavy atom. The summed E-state index contributed by atoms with van der Waals surface area (Å²) < 4.78 is 1.87. The van der Waals surface area contributed by atoms with Gasteiger partial charge in [0.05, 0.1) is 17.1 Å². The van der Waals surface area contributed by atoms with Gasteiger partial charge < -0.3 is 4.90 Å². The van der Waals surface area contributed by atoms with Gasteiger partial charge in [0.15, 0.2) is 0 Å². The van der Waals surface area contributed by atoms with E-state index >= 15 is 0 Å². The van der Waals surface area contributed by atoms with Gasteiger partial charge in [0.25, 0.3) is 5.91 Å². The van der Waals surface area contributed by atoms with E-state index in [1.807, 2.05) is 46.0 Å². The first-order valence-corrected chi connectivity index (χ1v) is 9.75. The number of rotatable bonds is 2. The number of hydrogen-bond acceptors (Lipinski definition) is 5. The number of fused-ring (bicyclic) bond motifs is 2. The van der Waals surface area contributed by atoms with Crippen LogP contribution in [0.5, 0.6) is 0 Å². The minimum atomic E-state index is -0.00280. The normalized spacial score (nSPS) is 13.7. The van der Waals surface area contributed by atoms with Crippen molar-refractivity contribution >= 4 is 22.9 Å². The molecule has 0 fully saturated rings. The van der Waals surface area contributed by atoms with Gasteiger partial charge in [-0.15, -0.1) is 0 Å². The summed E-state index contributed by atoms with van der Waals surface area (Å²) in [7, 11) is 0. The highest BCUT2D eigenvalue weighted by molar-refractivity contribution is 7.08. The van der Waals surface area contributed by atoms with Crippen LogP contribution < -0.4 is 0 Å². The molecule has 0 saturated carbocycles. The molecule has 0 N–H and O–H groups in total. The van der Waals surface area contributed by atoms with E-state index in [0.29, 0.717) is 18.8 Å². The Morgan fingerprint density at radius 3 is 3.00 bits per heavy atom. The summed E-state index contributed by atoms with van der Waals surface area (Å²) >= 11 is 1.64. The average Bonchev–Trinajstić information content (AvgIpc) is 3.33. The molecule has 4 aromatic heterocycles. The van der Waals surface area contributed by atoms with Crippen molar-refractivity contribution in [1.29, 1.82) is 0 Å². The third kappa shape index (κ3) is 2.62. The van der Waals surface area contributed by atoms with Crippen LogP contribution in [-0.4, -0.2) is 36.7 Å². The lowest BCUT2D eigenvalue weighted by molar-refractivity contribution is 0.0726. The van der Waals surface area contributed by atoms with Crippen LogP contribution >= 0.6 is 11.3 Å². The zero-order valence-electron chi connectivity index (χ0n) is 14.8. The minimum absolute atomic E-state index is 0.00280. The molecule has 134 valence electrons. The summed E-state index contributed by atoms with van der Waals surface area (Å²) in [4.78, 5) is 28.7. The summed E-state index contributed by atoms with van der Waals surface area (Å²) in [5.41, 5.74) is 6.25. The smallest absolute Gasteiger partial charge is 0.273 e. The molecule has 0 aromatic carbocycles. The second-order valence-electron chi connectivity index (χ2n) is 6.61. The van der Waals surface area contributed by atoms with Gasteiger partial charge in [-0.3, -0.25) is 9.20 Å². The number of amides is 1. The molecule has 1 amide bonds. The molecular formula is C20H17N5OS. The van der Waals surface area contributed by atoms with Crippen LogP contribution in [0.2, 0.25) is 0 Å². The maximum Gasteiger partial charge on any atom is 0.273 e. The molecule has 4 aromatic rings. The van der Waals surface area contributed by atoms with Crippen molar-refractivity contribution in [2.75, 3.05) is 6.54 Å². The molecule has 0 bridgehead atoms. The fraction of sp³-hybridized carbons (Fsp3) is 0.200. The van der Waals surface area contributed by atoms with Crippen LogP contribution in [0, 0.1) is 6.92 Å². The monoisotopic (exact) mass is 375 g/mol. The Hall–Kier alpha value is -3.06. The predicted octanol–water partition coefficient (Wildman–Crippen LogP) is 3.36. The number of aryl methyl sites for hydroxylation is 1. The SMILES string of the molecule is Cc1nc2ccccn2c1C(=O)N1CCc2ncnc(-c3ccsc3)c2C1. The number of carbonyl (C=O) groups excluding carboxylic acids is 1. The van der Waals surface area contributed by atoms with E-state index in [0.717, 1.165) is 40.3 Å². The number of imidazole rings is 1. The fourth-order valence-electron chi connectivity index (χ4n) is 3.68. The predicted molar refractivity (Wildman–Crippen MR) is 104 cm³/mol. The summed E-state index contributed by atoms with van der Waals surface area (Å²) in [5, 5.41) is 4.12. The van der Waals surface area contributed by atoms with E-state index in [9.17, 15) is 4.79 Å². The summed E-state index contributed by atoms with van der Waals surface area (Å²) in [6.07, 6.45) is 4.24. The van der Waals surface area contributed by atoms with Gasteiger partial charge in [-0.25, -0.2) is 15.0 Å². The first-order valence-electron chi connectivity index (χ1n) is 8.80. The summed E-state index contributed by atoms with van der Waals surface area (Å²) in [5.74, 6) is -0.00280. The van der Waals surface area contributed by atoms with Crippen molar-refractivity contribution in [1.82, 2.24) is 24.3 Å². The first-order chi connectivity index (χ1) is 13.2. The standard InChI is InChI=1S/C20H17N5OS/c1-13-19(25-7-3-2-4-17(25)23-13)20(26)24-8-5-16-15(10-24)18(22-12-21-16)14-6-9-27-11-14/h2-4,6-7,9,11-12H,5,8,10H2,1H3. The van der Waals surface area contributed by atoms with Crippen molar-refractivity contribution < 1.29 is 4.79 Å². The van der Waals surface area contributed by atoms with E-state index in [1.165, 1.54) is 0 Å². The third-order valence-electron chi connectivity index (χ3n) is 4.99. The molecule has 7 heteroatoms. The summed E-state index contributed by atoms with van der Waals surface area (Å²) in [6.45, 7) is 3.04. The van der Waals surface area contributed by atoms with Gasteiger partial charge in [0, 0.05) is 42.2 Å². The maximum atomic E-state index is 13.3. The molecule has 0 atom stereocenters. The Bertz CT molecular complexity index is 1150. The van der Waals surface area contributed by atoms with E-state index in [4.69, 9.17) is 0 Å². The molecule has 5 heterocycles. The van der Waals surface area contributed by atoms with Crippen LogP contribution in [0.15, 0.2) is 47.5 Å². The average molecular weight is 375 g/mol. The Kier molecular flexibility index (Phi) is 3.75. The van der Waals surface area contributed by atoms with Gasteiger partial charge in [-0.05, 0) is 30.5 Å². The highest BCUT2D eigenvalue weighted by Gasteiger charge is 2.28. The number of carbonyl (C=O) groups is 1. The van der Waals surface area contributed by atoms with Gasteiger partial charge in [-0.2, -0.15) is 11.3 Å². The van der Waals surface area contributed by atoms with Crippen molar-refractivity contribution in [2.24, 2.45) is 0 Å². The largest absolute Gasteiger partial charge is 0.332 e. The van der Waals surface area contributed by atoms with Crippen molar-refractivity contribution in [3.8, 4) is 11.3 Å². The van der Waals surface area contributed by atoms with Crippen molar-refractivity contribution in [3.63, 3.8) is 0 Å². The lowest BCUT2D eigenvalue weighted by Gasteiger charge is -2.29. The van der Waals surface area contributed by atoms with Crippen LogP contribution in [0.4, 0.5) is 0 Å². The fourth-order valence-corrected chi connectivity index (χ4v) is 4.32. The van der Waals surface area contributed by atoms with Gasteiger partial charge in [-0.1, -0.05) is 6.07 Å². The molecule has 0 radical (unpaired) electrons. The van der Waals surface area contributed by atoms with E-state index in [-0.39, 0.29) is 5.91 Å². The number of pyridine rings is 1. The number of hydrogen-bond donors (Lipinski definition) is 0. The Morgan fingerprint density at radius 2 is 2.15 bits per heavy atom. The number of aromatic nitrogens is 4. The van der Waals surface area contributed by atoms with E-state index in [2.05, 4.69) is 26.4 Å². The first kappa shape index (κ1) is 16.1. The van der Waals surface area contributed by atoms with Gasteiger partial charge in [0.2, 0.25) is 0 Å². The van der Waals surface area contributed by atoms with E-state index in [1.54, 1.807) is 17.7 Å². The molecule has 0 aliphatic carbocycles. The van der Waals surface area contributed by atoms with Crippen LogP contribution in [0.25, 0.3) is 16.9 Å². The molecule has 5 rings (SSSR count). The van der Waals surface area contributed by atoms with Crippen molar-refractivity contribution in [3.05, 3.63) is 70.2 Å². The second kappa shape index (κ2) is 6.28. The molecular weight excluding hydrogens is 358 g/mol. The van der Waals surface area contributed by atoms with Crippen molar-refractivity contribution in [2.45, 2.75) is 19.9 Å². The number of thiophene rings is 1. The molecule has 0 spiro atoms. The second-order valence-corrected chi connectivity index (χ2v) is 7.39. The van der Waals surface area contributed by atoms with Gasteiger partial charge >= 0.3 is 0 Å². The van der Waals surface area contributed by atoms with Crippen LogP contribution in [0.3, 0.4) is 0 Å². The molecule has 6 nitrogen and oxygen atoms in total. The Labute approximate surface area is 160 Å².